The molecule has 2 aliphatic carbocycles. The second-order valence-corrected chi connectivity index (χ2v) is 9.85. The third-order valence-electron chi connectivity index (χ3n) is 7.56. The van der Waals surface area contributed by atoms with Crippen LogP contribution >= 0.6 is 0 Å². The number of ether oxygens (including phenoxy) is 5. The number of hydrogen-bond acceptors (Lipinski definition) is 6. The number of nitrogens with one attached hydrogen (secondary N) is 1. The van der Waals surface area contributed by atoms with E-state index in [0.717, 1.165) is 76.3 Å². The van der Waals surface area contributed by atoms with Gasteiger partial charge in [0, 0.05) is 31.7 Å². The Morgan fingerprint density at radius 2 is 1.42 bits per heavy atom. The number of amides is 1. The normalized spacial score (nSPS) is 36.5. The standard InChI is InChI=1S/C24H29F2NO6/c25-14-7-8-16(15(26)13-14)27-21(28)19-17-18(31-23(30-17)9-3-1-4-10-23)20-22(29-19)33-24(32-20)11-5-2-6-12-24/h7-8,13,17-20,22H,1-6,9-12H2,(H,27,28)/t17-,18-,19-,20-,22-/m1/s1. The fraction of sp³-hybridized carbons (Fsp3) is 0.708. The van der Waals surface area contributed by atoms with Crippen molar-refractivity contribution in [1.82, 2.24) is 0 Å². The summed E-state index contributed by atoms with van der Waals surface area (Å²) in [5, 5.41) is 2.52. The van der Waals surface area contributed by atoms with E-state index in [9.17, 15) is 13.6 Å². The molecule has 0 aromatic heterocycles. The van der Waals surface area contributed by atoms with Crippen molar-refractivity contribution in [2.24, 2.45) is 0 Å². The molecule has 3 heterocycles. The van der Waals surface area contributed by atoms with Crippen molar-refractivity contribution in [2.45, 2.75) is 106 Å². The summed E-state index contributed by atoms with van der Waals surface area (Å²) in [6, 6.07) is 3.00. The lowest BCUT2D eigenvalue weighted by Gasteiger charge is -2.36. The van der Waals surface area contributed by atoms with E-state index < -0.39 is 59.8 Å². The first-order valence-corrected chi connectivity index (χ1v) is 12.1. The van der Waals surface area contributed by atoms with E-state index in [-0.39, 0.29) is 5.69 Å². The Morgan fingerprint density at radius 1 is 0.818 bits per heavy atom. The smallest absolute Gasteiger partial charge is 0.256 e. The fourth-order valence-corrected chi connectivity index (χ4v) is 5.96. The summed E-state index contributed by atoms with van der Waals surface area (Å²) in [6.07, 6.45) is 5.63. The van der Waals surface area contributed by atoms with Gasteiger partial charge in [0.05, 0.1) is 5.69 Å². The van der Waals surface area contributed by atoms with Gasteiger partial charge in [-0.05, 0) is 37.8 Å². The van der Waals surface area contributed by atoms with Gasteiger partial charge in [-0.3, -0.25) is 4.79 Å². The molecule has 3 aliphatic heterocycles. The average molecular weight is 465 g/mol. The van der Waals surface area contributed by atoms with Gasteiger partial charge in [0.1, 0.15) is 29.9 Å². The minimum absolute atomic E-state index is 0.123. The van der Waals surface area contributed by atoms with E-state index >= 15 is 0 Å². The van der Waals surface area contributed by atoms with Gasteiger partial charge in [0.2, 0.25) is 0 Å². The van der Waals surface area contributed by atoms with E-state index in [0.29, 0.717) is 0 Å². The number of carbonyl (C=O) groups is 1. The molecule has 1 amide bonds. The summed E-state index contributed by atoms with van der Waals surface area (Å²) in [7, 11) is 0. The van der Waals surface area contributed by atoms with E-state index in [1.165, 1.54) is 6.07 Å². The Hall–Kier alpha value is -1.65. The van der Waals surface area contributed by atoms with Gasteiger partial charge >= 0.3 is 0 Å². The van der Waals surface area contributed by atoms with Crippen LogP contribution in [0.1, 0.15) is 64.2 Å². The molecule has 9 heteroatoms. The molecule has 5 aliphatic rings. The topological polar surface area (TPSA) is 75.3 Å². The van der Waals surface area contributed by atoms with Gasteiger partial charge in [-0.25, -0.2) is 8.78 Å². The SMILES string of the molecule is O=C(Nc1ccc(F)cc1F)[C@@H]1O[C@@H]2OC3(CCCCC3)O[C@@H]2[C@@H]2OC3(CCCCC3)O[C@H]21. The predicted octanol–water partition coefficient (Wildman–Crippen LogP) is 4.15. The molecule has 6 rings (SSSR count). The van der Waals surface area contributed by atoms with Crippen LogP contribution in [0.3, 0.4) is 0 Å². The Bertz CT molecular complexity index is 916. The van der Waals surface area contributed by atoms with Crippen molar-refractivity contribution in [2.75, 3.05) is 5.32 Å². The summed E-state index contributed by atoms with van der Waals surface area (Å²) in [5.74, 6) is -3.65. The van der Waals surface area contributed by atoms with Crippen molar-refractivity contribution >= 4 is 11.6 Å². The van der Waals surface area contributed by atoms with Crippen LogP contribution in [0.5, 0.6) is 0 Å². The highest BCUT2D eigenvalue weighted by atomic mass is 19.1. The summed E-state index contributed by atoms with van der Waals surface area (Å²) in [6.45, 7) is 0. The van der Waals surface area contributed by atoms with Crippen LogP contribution in [0.25, 0.3) is 0 Å². The number of benzene rings is 1. The molecule has 5 fully saturated rings. The van der Waals surface area contributed by atoms with Crippen LogP contribution in [0.2, 0.25) is 0 Å². The highest BCUT2D eigenvalue weighted by molar-refractivity contribution is 5.95. The van der Waals surface area contributed by atoms with Crippen molar-refractivity contribution in [3.63, 3.8) is 0 Å². The number of halogens is 2. The van der Waals surface area contributed by atoms with Gasteiger partial charge in [0.25, 0.3) is 5.91 Å². The molecule has 0 unspecified atom stereocenters. The lowest BCUT2D eigenvalue weighted by Crippen LogP contribution is -2.58. The molecular formula is C24H29F2NO6. The Balaban J connectivity index is 1.28. The first-order valence-electron chi connectivity index (χ1n) is 12.1. The number of anilines is 1. The Kier molecular flexibility index (Phi) is 5.45. The summed E-state index contributed by atoms with van der Waals surface area (Å²) >= 11 is 0. The first-order chi connectivity index (χ1) is 16.0. The lowest BCUT2D eigenvalue weighted by atomic mass is 9.94. The minimum Gasteiger partial charge on any atom is -0.341 e. The molecule has 7 nitrogen and oxygen atoms in total. The third kappa shape index (κ3) is 3.87. The maximum Gasteiger partial charge on any atom is 0.256 e. The maximum atomic E-state index is 14.2. The van der Waals surface area contributed by atoms with E-state index in [4.69, 9.17) is 23.7 Å². The fourth-order valence-electron chi connectivity index (χ4n) is 5.96. The second-order valence-electron chi connectivity index (χ2n) is 9.85. The third-order valence-corrected chi connectivity index (χ3v) is 7.56. The zero-order valence-electron chi connectivity index (χ0n) is 18.4. The van der Waals surface area contributed by atoms with E-state index in [1.807, 2.05) is 0 Å². The zero-order valence-corrected chi connectivity index (χ0v) is 18.4. The van der Waals surface area contributed by atoms with Crippen LogP contribution in [0.4, 0.5) is 14.5 Å². The summed E-state index contributed by atoms with van der Waals surface area (Å²) in [4.78, 5) is 13.2. The van der Waals surface area contributed by atoms with Gasteiger partial charge in [-0.15, -0.1) is 0 Å². The summed E-state index contributed by atoms with van der Waals surface area (Å²) < 4.78 is 59.2. The van der Waals surface area contributed by atoms with E-state index in [1.54, 1.807) is 0 Å². The van der Waals surface area contributed by atoms with Crippen LogP contribution in [0.15, 0.2) is 18.2 Å². The lowest BCUT2D eigenvalue weighted by molar-refractivity contribution is -0.246. The van der Waals surface area contributed by atoms with Gasteiger partial charge in [0.15, 0.2) is 24.0 Å². The van der Waals surface area contributed by atoms with Crippen molar-refractivity contribution < 1.29 is 37.3 Å². The van der Waals surface area contributed by atoms with Crippen molar-refractivity contribution in [3.8, 4) is 0 Å². The van der Waals surface area contributed by atoms with Gasteiger partial charge in [-0.1, -0.05) is 12.8 Å². The van der Waals surface area contributed by atoms with E-state index in [2.05, 4.69) is 5.32 Å². The van der Waals surface area contributed by atoms with Crippen molar-refractivity contribution in [3.05, 3.63) is 29.8 Å². The molecule has 2 spiro atoms. The zero-order chi connectivity index (χ0) is 22.6. The van der Waals surface area contributed by atoms with Crippen LogP contribution in [0, 0.1) is 11.6 Å². The molecule has 1 N–H and O–H groups in total. The molecule has 0 radical (unpaired) electrons. The molecule has 0 bridgehead atoms. The average Bonchev–Trinajstić information content (AvgIpc) is 3.34. The van der Waals surface area contributed by atoms with Crippen LogP contribution < -0.4 is 5.32 Å². The number of hydrogen-bond donors (Lipinski definition) is 1. The van der Waals surface area contributed by atoms with Crippen LogP contribution in [-0.4, -0.2) is 48.2 Å². The van der Waals surface area contributed by atoms with Crippen LogP contribution in [-0.2, 0) is 28.5 Å². The molecule has 180 valence electrons. The second kappa shape index (κ2) is 8.23. The minimum atomic E-state index is -1.08. The largest absolute Gasteiger partial charge is 0.341 e. The van der Waals surface area contributed by atoms with Gasteiger partial charge < -0.3 is 29.0 Å². The molecule has 2 saturated carbocycles. The van der Waals surface area contributed by atoms with Crippen molar-refractivity contribution in [1.29, 1.82) is 0 Å². The Morgan fingerprint density at radius 3 is 2.09 bits per heavy atom. The number of rotatable bonds is 2. The first kappa shape index (κ1) is 21.9. The number of fused-ring (bicyclic) bond motifs is 3. The highest BCUT2D eigenvalue weighted by Gasteiger charge is 2.65. The molecule has 33 heavy (non-hydrogen) atoms. The molecule has 1 aromatic rings. The maximum absolute atomic E-state index is 14.2. The molecule has 1 aromatic carbocycles. The monoisotopic (exact) mass is 465 g/mol. The summed E-state index contributed by atoms with van der Waals surface area (Å²) in [5.41, 5.74) is -0.123. The quantitative estimate of drug-likeness (QED) is 0.708. The highest BCUT2D eigenvalue weighted by Crippen LogP contribution is 2.51. The Labute approximate surface area is 191 Å². The van der Waals surface area contributed by atoms with Gasteiger partial charge in [-0.2, -0.15) is 0 Å². The number of carbonyl (C=O) groups excluding carboxylic acids is 1. The molecular weight excluding hydrogens is 436 g/mol. The predicted molar refractivity (Wildman–Crippen MR) is 111 cm³/mol. The molecule has 3 saturated heterocycles. The molecule has 5 atom stereocenters.